The quantitative estimate of drug-likeness (QED) is 0.500. The summed E-state index contributed by atoms with van der Waals surface area (Å²) in [6.45, 7) is 7.99. The van der Waals surface area contributed by atoms with Crippen LogP contribution in [-0.2, 0) is 29.0 Å². The molecule has 0 aliphatic rings. The van der Waals surface area contributed by atoms with Crippen molar-refractivity contribution >= 4 is 11.8 Å². The first-order chi connectivity index (χ1) is 16.1. The first-order valence-corrected chi connectivity index (χ1v) is 11.6. The summed E-state index contributed by atoms with van der Waals surface area (Å²) < 4.78 is 14.4. The fourth-order valence-corrected chi connectivity index (χ4v) is 3.80. The van der Waals surface area contributed by atoms with Gasteiger partial charge in [-0.05, 0) is 50.5 Å². The lowest BCUT2D eigenvalue weighted by molar-refractivity contribution is -0.141. The second-order valence-electron chi connectivity index (χ2n) is 9.72. The highest BCUT2D eigenvalue weighted by Crippen LogP contribution is 2.19. The summed E-state index contributed by atoms with van der Waals surface area (Å²) in [6.07, 6.45) is 0.240. The molecule has 2 amide bonds. The van der Waals surface area contributed by atoms with E-state index in [-0.39, 0.29) is 24.8 Å². The van der Waals surface area contributed by atoms with Gasteiger partial charge in [0.05, 0.1) is 6.42 Å². The monoisotopic (exact) mass is 460 g/mol. The van der Waals surface area contributed by atoms with E-state index in [1.807, 2.05) is 82.3 Å². The van der Waals surface area contributed by atoms with Crippen LogP contribution in [0.4, 0.5) is 4.39 Å². The minimum absolute atomic E-state index is 0.118. The molecule has 3 aromatic carbocycles. The molecule has 3 aromatic rings. The molecule has 0 fully saturated rings. The second kappa shape index (κ2) is 11.1. The standard InChI is InChI=1S/C29H33FN2O2/c1-21-14-16-23(17-15-21)20-32(27(33)19-24-12-8-9-13-25(24)30)26(28(34)31-29(2,3)4)18-22-10-6-5-7-11-22/h5-17,26H,18-20H2,1-4H3,(H,31,34)/t26-/m0/s1. The lowest BCUT2D eigenvalue weighted by Crippen LogP contribution is -2.54. The molecule has 0 unspecified atom stereocenters. The number of amides is 2. The molecule has 0 spiro atoms. The number of benzene rings is 3. The van der Waals surface area contributed by atoms with Crippen molar-refractivity contribution in [2.24, 2.45) is 0 Å². The Bertz CT molecular complexity index is 1100. The number of nitrogens with one attached hydrogen (secondary N) is 1. The number of hydrogen-bond acceptors (Lipinski definition) is 2. The van der Waals surface area contributed by atoms with E-state index in [0.717, 1.165) is 16.7 Å². The van der Waals surface area contributed by atoms with E-state index in [2.05, 4.69) is 5.32 Å². The van der Waals surface area contributed by atoms with Crippen LogP contribution in [0.2, 0.25) is 0 Å². The SMILES string of the molecule is Cc1ccc(CN(C(=O)Cc2ccccc2F)[C@@H](Cc2ccccc2)C(=O)NC(C)(C)C)cc1. The van der Waals surface area contributed by atoms with Crippen LogP contribution in [0, 0.1) is 12.7 Å². The largest absolute Gasteiger partial charge is 0.350 e. The number of hydrogen-bond donors (Lipinski definition) is 1. The number of aryl methyl sites for hydroxylation is 1. The summed E-state index contributed by atoms with van der Waals surface area (Å²) in [4.78, 5) is 28.7. The van der Waals surface area contributed by atoms with Gasteiger partial charge in [0.15, 0.2) is 0 Å². The summed E-state index contributed by atoms with van der Waals surface area (Å²) in [5, 5.41) is 3.04. The molecule has 0 bridgehead atoms. The topological polar surface area (TPSA) is 49.4 Å². The fourth-order valence-electron chi connectivity index (χ4n) is 3.80. The van der Waals surface area contributed by atoms with Gasteiger partial charge in [0, 0.05) is 18.5 Å². The van der Waals surface area contributed by atoms with E-state index in [4.69, 9.17) is 0 Å². The van der Waals surface area contributed by atoms with Crippen LogP contribution in [0.1, 0.15) is 43.0 Å². The molecule has 0 aliphatic heterocycles. The summed E-state index contributed by atoms with van der Waals surface area (Å²) >= 11 is 0. The molecule has 0 aliphatic carbocycles. The van der Waals surface area contributed by atoms with Crippen molar-refractivity contribution in [2.75, 3.05) is 0 Å². The lowest BCUT2D eigenvalue weighted by atomic mass is 9.99. The summed E-state index contributed by atoms with van der Waals surface area (Å²) in [5.41, 5.74) is 2.82. The number of carbonyl (C=O) groups is 2. The van der Waals surface area contributed by atoms with E-state index in [1.54, 1.807) is 23.1 Å². The molecule has 0 heterocycles. The van der Waals surface area contributed by atoms with E-state index in [9.17, 15) is 14.0 Å². The normalized spacial score (nSPS) is 12.1. The predicted octanol–water partition coefficient (Wildman–Crippen LogP) is 5.23. The maximum Gasteiger partial charge on any atom is 0.243 e. The Morgan fingerprint density at radius 1 is 0.882 bits per heavy atom. The lowest BCUT2D eigenvalue weighted by Gasteiger charge is -2.34. The molecule has 4 nitrogen and oxygen atoms in total. The van der Waals surface area contributed by atoms with Gasteiger partial charge in [-0.25, -0.2) is 4.39 Å². The Hall–Kier alpha value is -3.47. The third-order valence-corrected chi connectivity index (χ3v) is 5.54. The van der Waals surface area contributed by atoms with Gasteiger partial charge < -0.3 is 10.2 Å². The highest BCUT2D eigenvalue weighted by molar-refractivity contribution is 5.89. The number of nitrogens with zero attached hydrogens (tertiary/aromatic N) is 1. The molecule has 178 valence electrons. The highest BCUT2D eigenvalue weighted by atomic mass is 19.1. The first kappa shape index (κ1) is 25.2. The van der Waals surface area contributed by atoms with Crippen LogP contribution >= 0.6 is 0 Å². The van der Waals surface area contributed by atoms with Crippen molar-refractivity contribution in [1.82, 2.24) is 10.2 Å². The second-order valence-corrected chi connectivity index (χ2v) is 9.72. The zero-order valence-corrected chi connectivity index (χ0v) is 20.3. The van der Waals surface area contributed by atoms with Crippen molar-refractivity contribution < 1.29 is 14.0 Å². The van der Waals surface area contributed by atoms with Crippen molar-refractivity contribution in [3.63, 3.8) is 0 Å². The Kier molecular flexibility index (Phi) is 8.21. The van der Waals surface area contributed by atoms with Gasteiger partial charge in [-0.3, -0.25) is 9.59 Å². The molecule has 1 atom stereocenters. The number of carbonyl (C=O) groups excluding carboxylic acids is 2. The molecule has 0 radical (unpaired) electrons. The molecule has 1 N–H and O–H groups in total. The van der Waals surface area contributed by atoms with Crippen LogP contribution in [0.15, 0.2) is 78.9 Å². The van der Waals surface area contributed by atoms with Gasteiger partial charge in [-0.2, -0.15) is 0 Å². The van der Waals surface area contributed by atoms with Crippen LogP contribution in [0.3, 0.4) is 0 Å². The molecular formula is C29H33FN2O2. The Morgan fingerprint density at radius 3 is 2.12 bits per heavy atom. The van der Waals surface area contributed by atoms with Gasteiger partial charge in [-0.1, -0.05) is 78.4 Å². The summed E-state index contributed by atoms with van der Waals surface area (Å²) in [7, 11) is 0. The zero-order valence-electron chi connectivity index (χ0n) is 20.3. The van der Waals surface area contributed by atoms with Gasteiger partial charge in [-0.15, -0.1) is 0 Å². The van der Waals surface area contributed by atoms with Gasteiger partial charge in [0.1, 0.15) is 11.9 Å². The average Bonchev–Trinajstić information content (AvgIpc) is 2.78. The van der Waals surface area contributed by atoms with Gasteiger partial charge in [0.25, 0.3) is 0 Å². The van der Waals surface area contributed by atoms with E-state index < -0.39 is 17.4 Å². The smallest absolute Gasteiger partial charge is 0.243 e. The van der Waals surface area contributed by atoms with Crippen LogP contribution in [0.5, 0.6) is 0 Å². The maximum absolute atomic E-state index is 14.4. The van der Waals surface area contributed by atoms with Gasteiger partial charge in [0.2, 0.25) is 11.8 Å². The molecule has 0 saturated heterocycles. The maximum atomic E-state index is 14.4. The van der Waals surface area contributed by atoms with E-state index in [1.165, 1.54) is 6.07 Å². The minimum Gasteiger partial charge on any atom is -0.350 e. The molecule has 0 saturated carbocycles. The summed E-state index contributed by atoms with van der Waals surface area (Å²) in [5.74, 6) is -0.953. The van der Waals surface area contributed by atoms with E-state index in [0.29, 0.717) is 12.0 Å². The molecule has 0 aromatic heterocycles. The van der Waals surface area contributed by atoms with Crippen LogP contribution in [0.25, 0.3) is 0 Å². The molecular weight excluding hydrogens is 427 g/mol. The predicted molar refractivity (Wildman–Crippen MR) is 134 cm³/mol. The van der Waals surface area contributed by atoms with Crippen LogP contribution < -0.4 is 5.32 Å². The third-order valence-electron chi connectivity index (χ3n) is 5.54. The van der Waals surface area contributed by atoms with Gasteiger partial charge >= 0.3 is 0 Å². The molecule has 3 rings (SSSR count). The summed E-state index contributed by atoms with van der Waals surface area (Å²) in [6, 6.07) is 23.0. The highest BCUT2D eigenvalue weighted by Gasteiger charge is 2.32. The van der Waals surface area contributed by atoms with Crippen molar-refractivity contribution in [2.45, 2.75) is 58.7 Å². The third kappa shape index (κ3) is 7.27. The van der Waals surface area contributed by atoms with E-state index >= 15 is 0 Å². The molecule has 34 heavy (non-hydrogen) atoms. The Balaban J connectivity index is 1.99. The van der Waals surface area contributed by atoms with Crippen molar-refractivity contribution in [1.29, 1.82) is 0 Å². The zero-order chi connectivity index (χ0) is 24.7. The number of halogens is 1. The van der Waals surface area contributed by atoms with Crippen molar-refractivity contribution in [3.8, 4) is 0 Å². The first-order valence-electron chi connectivity index (χ1n) is 11.6. The minimum atomic E-state index is -0.748. The Morgan fingerprint density at radius 2 is 1.50 bits per heavy atom. The van der Waals surface area contributed by atoms with Crippen molar-refractivity contribution in [3.05, 3.63) is 107 Å². The number of rotatable bonds is 8. The van der Waals surface area contributed by atoms with Crippen LogP contribution in [-0.4, -0.2) is 28.3 Å². The average molecular weight is 461 g/mol. The fraction of sp³-hybridized carbons (Fsp3) is 0.310. The Labute approximate surface area is 201 Å². The molecule has 5 heteroatoms.